The minimum atomic E-state index is -0.262. The first-order valence-electron chi connectivity index (χ1n) is 10.6. The molecule has 29 heavy (non-hydrogen) atoms. The van der Waals surface area contributed by atoms with Gasteiger partial charge < -0.3 is 15.0 Å². The Kier molecular flexibility index (Phi) is 6.12. The number of pyridine rings is 1. The summed E-state index contributed by atoms with van der Waals surface area (Å²) in [6.07, 6.45) is 9.49. The molecule has 3 aromatic rings. The zero-order valence-corrected chi connectivity index (χ0v) is 16.6. The highest BCUT2D eigenvalue weighted by Gasteiger charge is 2.14. The van der Waals surface area contributed by atoms with Crippen molar-refractivity contribution in [1.29, 1.82) is 0 Å². The van der Waals surface area contributed by atoms with Crippen LogP contribution in [0.5, 0.6) is 5.75 Å². The molecule has 1 fully saturated rings. The Morgan fingerprint density at radius 3 is 2.76 bits per heavy atom. The fourth-order valence-corrected chi connectivity index (χ4v) is 4.00. The van der Waals surface area contributed by atoms with Crippen LogP contribution in [-0.2, 0) is 4.79 Å². The van der Waals surface area contributed by atoms with Crippen molar-refractivity contribution in [3.63, 3.8) is 0 Å². The number of unbranched alkanes of at least 4 members (excludes halogenated alkanes) is 1. The highest BCUT2D eigenvalue weighted by molar-refractivity contribution is 5.89. The van der Waals surface area contributed by atoms with Gasteiger partial charge in [0.2, 0.25) is 5.91 Å². The molecule has 0 spiro atoms. The van der Waals surface area contributed by atoms with Gasteiger partial charge in [0.1, 0.15) is 5.75 Å². The third kappa shape index (κ3) is 5.16. The van der Waals surface area contributed by atoms with Gasteiger partial charge in [0, 0.05) is 17.8 Å². The average Bonchev–Trinajstić information content (AvgIpc) is 2.88. The molecule has 1 saturated carbocycles. The number of aromatic amines is 2. The van der Waals surface area contributed by atoms with Crippen molar-refractivity contribution < 1.29 is 9.53 Å². The maximum absolute atomic E-state index is 12.1. The van der Waals surface area contributed by atoms with E-state index in [9.17, 15) is 9.59 Å². The summed E-state index contributed by atoms with van der Waals surface area (Å²) in [4.78, 5) is 33.4. The van der Waals surface area contributed by atoms with Gasteiger partial charge in [-0.1, -0.05) is 25.7 Å². The highest BCUT2D eigenvalue weighted by Crippen LogP contribution is 2.22. The number of carbonyl (C=O) groups is 1. The van der Waals surface area contributed by atoms with Crippen LogP contribution in [0.2, 0.25) is 0 Å². The van der Waals surface area contributed by atoms with Crippen LogP contribution in [-0.4, -0.2) is 33.5 Å². The van der Waals surface area contributed by atoms with Gasteiger partial charge in [-0.3, -0.25) is 9.78 Å². The summed E-state index contributed by atoms with van der Waals surface area (Å²) in [5.74, 6) is 0.928. The Balaban J connectivity index is 1.23. The third-order valence-electron chi connectivity index (χ3n) is 5.55. The lowest BCUT2D eigenvalue weighted by Gasteiger charge is -2.16. The number of carbonyl (C=O) groups excluding carboxylic acids is 1. The first-order chi connectivity index (χ1) is 14.2. The van der Waals surface area contributed by atoms with Crippen molar-refractivity contribution in [2.24, 2.45) is 0 Å². The van der Waals surface area contributed by atoms with Crippen LogP contribution in [0.15, 0.2) is 29.1 Å². The number of nitrogens with one attached hydrogen (secondary N) is 3. The normalized spacial score (nSPS) is 15.4. The second-order valence-electron chi connectivity index (χ2n) is 7.88. The highest BCUT2D eigenvalue weighted by atomic mass is 16.5. The Morgan fingerprint density at radius 1 is 1.10 bits per heavy atom. The van der Waals surface area contributed by atoms with Gasteiger partial charge in [0.25, 0.3) is 0 Å². The monoisotopic (exact) mass is 396 g/mol. The first kappa shape index (κ1) is 19.5. The molecular weight excluding hydrogens is 368 g/mol. The topological polar surface area (TPSA) is 99.9 Å². The van der Waals surface area contributed by atoms with Crippen LogP contribution in [0, 0.1) is 0 Å². The molecule has 154 valence electrons. The molecule has 0 atom stereocenters. The molecule has 0 aliphatic heterocycles. The summed E-state index contributed by atoms with van der Waals surface area (Å²) < 4.78 is 5.84. The van der Waals surface area contributed by atoms with Crippen molar-refractivity contribution in [3.8, 4) is 5.75 Å². The fraction of sp³-hybridized carbons (Fsp3) is 0.500. The van der Waals surface area contributed by atoms with E-state index in [4.69, 9.17) is 4.74 Å². The van der Waals surface area contributed by atoms with Crippen molar-refractivity contribution in [2.45, 2.75) is 63.8 Å². The standard InChI is InChI=1S/C22H28N4O3/c27-20(23-16-7-3-1-2-4-8-16)9-5-6-12-29-17-10-11-18-15(13-17)14-19-21(24-18)26-22(28)25-19/h10-11,13-14,16H,1-9,12H2,(H,23,27)(H2,24,25,26,28). The number of amides is 1. The van der Waals surface area contributed by atoms with Crippen molar-refractivity contribution in [3.05, 3.63) is 34.7 Å². The lowest BCUT2D eigenvalue weighted by atomic mass is 10.1. The number of ether oxygens (including phenoxy) is 1. The van der Waals surface area contributed by atoms with E-state index in [-0.39, 0.29) is 11.6 Å². The molecule has 0 unspecified atom stereocenters. The summed E-state index contributed by atoms with van der Waals surface area (Å²) in [6.45, 7) is 0.568. The minimum absolute atomic E-state index is 0.165. The van der Waals surface area contributed by atoms with E-state index in [1.165, 1.54) is 25.7 Å². The van der Waals surface area contributed by atoms with Crippen LogP contribution < -0.4 is 15.7 Å². The van der Waals surface area contributed by atoms with Crippen molar-refractivity contribution in [1.82, 2.24) is 20.3 Å². The number of rotatable bonds is 7. The number of benzene rings is 1. The summed E-state index contributed by atoms with van der Waals surface area (Å²) >= 11 is 0. The molecule has 1 aliphatic rings. The van der Waals surface area contributed by atoms with Crippen LogP contribution in [0.1, 0.15) is 57.8 Å². The molecule has 7 nitrogen and oxygen atoms in total. The Labute approximate surface area is 169 Å². The molecule has 2 aromatic heterocycles. The largest absolute Gasteiger partial charge is 0.494 e. The van der Waals surface area contributed by atoms with Gasteiger partial charge >= 0.3 is 5.69 Å². The molecule has 0 radical (unpaired) electrons. The number of fused-ring (bicyclic) bond motifs is 2. The zero-order valence-electron chi connectivity index (χ0n) is 16.6. The molecule has 1 aliphatic carbocycles. The maximum Gasteiger partial charge on any atom is 0.325 e. The molecule has 1 amide bonds. The van der Waals surface area contributed by atoms with E-state index in [0.29, 0.717) is 30.2 Å². The van der Waals surface area contributed by atoms with Gasteiger partial charge in [-0.05, 0) is 49.9 Å². The average molecular weight is 396 g/mol. The minimum Gasteiger partial charge on any atom is -0.494 e. The van der Waals surface area contributed by atoms with Crippen LogP contribution in [0.25, 0.3) is 22.1 Å². The predicted molar refractivity (Wildman–Crippen MR) is 113 cm³/mol. The summed E-state index contributed by atoms with van der Waals surface area (Å²) in [5, 5.41) is 4.10. The number of H-pyrrole nitrogens is 2. The summed E-state index contributed by atoms with van der Waals surface area (Å²) in [6, 6.07) is 7.95. The number of imidazole rings is 1. The molecule has 1 aromatic carbocycles. The van der Waals surface area contributed by atoms with E-state index in [1.54, 1.807) is 0 Å². The fourth-order valence-electron chi connectivity index (χ4n) is 4.00. The van der Waals surface area contributed by atoms with E-state index in [1.807, 2.05) is 24.3 Å². The number of hydrogen-bond donors (Lipinski definition) is 3. The molecule has 3 N–H and O–H groups in total. The first-order valence-corrected chi connectivity index (χ1v) is 10.6. The Bertz CT molecular complexity index is 1030. The maximum atomic E-state index is 12.1. The van der Waals surface area contributed by atoms with Crippen LogP contribution >= 0.6 is 0 Å². The number of nitrogens with zero attached hydrogens (tertiary/aromatic N) is 1. The molecule has 2 heterocycles. The van der Waals surface area contributed by atoms with Crippen molar-refractivity contribution in [2.75, 3.05) is 6.61 Å². The van der Waals surface area contributed by atoms with Gasteiger partial charge in [0.15, 0.2) is 5.65 Å². The molecule has 0 saturated heterocycles. The Morgan fingerprint density at radius 2 is 1.93 bits per heavy atom. The number of aromatic nitrogens is 3. The lowest BCUT2D eigenvalue weighted by Crippen LogP contribution is -2.34. The van der Waals surface area contributed by atoms with Gasteiger partial charge in [-0.15, -0.1) is 0 Å². The van der Waals surface area contributed by atoms with E-state index in [2.05, 4.69) is 20.3 Å². The summed E-state index contributed by atoms with van der Waals surface area (Å²) in [5.41, 5.74) is 1.77. The predicted octanol–water partition coefficient (Wildman–Crippen LogP) is 3.79. The second-order valence-corrected chi connectivity index (χ2v) is 7.88. The zero-order chi connectivity index (χ0) is 20.1. The van der Waals surface area contributed by atoms with Gasteiger partial charge in [-0.25, -0.2) is 9.78 Å². The second kappa shape index (κ2) is 9.11. The molecule has 4 rings (SSSR count). The van der Waals surface area contributed by atoms with E-state index < -0.39 is 0 Å². The molecule has 0 bridgehead atoms. The SMILES string of the molecule is O=C(CCCCOc1ccc2nc3[nH]c(=O)[nH]c3cc2c1)NC1CCCCCC1. The lowest BCUT2D eigenvalue weighted by molar-refractivity contribution is -0.122. The quantitative estimate of drug-likeness (QED) is 0.418. The van der Waals surface area contributed by atoms with E-state index in [0.717, 1.165) is 42.3 Å². The van der Waals surface area contributed by atoms with Gasteiger partial charge in [-0.2, -0.15) is 0 Å². The van der Waals surface area contributed by atoms with Crippen molar-refractivity contribution >= 4 is 28.0 Å². The molecular formula is C22H28N4O3. The van der Waals surface area contributed by atoms with Crippen LogP contribution in [0.4, 0.5) is 0 Å². The van der Waals surface area contributed by atoms with Crippen LogP contribution in [0.3, 0.4) is 0 Å². The Hall–Kier alpha value is -2.83. The van der Waals surface area contributed by atoms with Gasteiger partial charge in [0.05, 0.1) is 17.6 Å². The smallest absolute Gasteiger partial charge is 0.325 e. The van der Waals surface area contributed by atoms with E-state index >= 15 is 0 Å². The molecule has 7 heteroatoms. The number of hydrogen-bond acceptors (Lipinski definition) is 4. The third-order valence-corrected chi connectivity index (χ3v) is 5.55. The summed E-state index contributed by atoms with van der Waals surface area (Å²) in [7, 11) is 0.